The van der Waals surface area contributed by atoms with Gasteiger partial charge in [0.05, 0.1) is 4.88 Å². The zero-order valence-electron chi connectivity index (χ0n) is 8.09. The topological polar surface area (TPSA) is 52.1 Å². The lowest BCUT2D eigenvalue weighted by Gasteiger charge is -2.04. The Balaban J connectivity index is 2.50. The van der Waals surface area contributed by atoms with Crippen molar-refractivity contribution < 1.29 is 9.53 Å². The number of carbonyl (C=O) groups excluding carboxylic acids is 1. The summed E-state index contributed by atoms with van der Waals surface area (Å²) in [6, 6.07) is 7.29. The maximum absolute atomic E-state index is 10.4. The van der Waals surface area contributed by atoms with Gasteiger partial charge in [0.15, 0.2) is 0 Å². The summed E-state index contributed by atoms with van der Waals surface area (Å²) >= 11 is 3.61. The molecule has 0 aliphatic rings. The van der Waals surface area contributed by atoms with Crippen molar-refractivity contribution >= 4 is 40.6 Å². The minimum absolute atomic E-state index is 0.419. The highest BCUT2D eigenvalue weighted by molar-refractivity contribution is 14.1. The number of nitrogens with zero attached hydrogens (tertiary/aromatic N) is 2. The Labute approximate surface area is 110 Å². The third kappa shape index (κ3) is 2.22. The summed E-state index contributed by atoms with van der Waals surface area (Å²) in [5, 5.41) is 4.07. The van der Waals surface area contributed by atoms with E-state index in [0.717, 1.165) is 20.6 Å². The SMILES string of the molecule is O=COc1ccccc1-c1nnsc1CI. The molecule has 6 heteroatoms. The van der Waals surface area contributed by atoms with Crippen LogP contribution in [-0.2, 0) is 9.22 Å². The molecule has 2 aromatic rings. The summed E-state index contributed by atoms with van der Waals surface area (Å²) in [4.78, 5) is 11.5. The number of benzene rings is 1. The first kappa shape index (κ1) is 11.5. The summed E-state index contributed by atoms with van der Waals surface area (Å²) in [7, 11) is 0. The lowest BCUT2D eigenvalue weighted by atomic mass is 10.1. The summed E-state index contributed by atoms with van der Waals surface area (Å²) in [6.07, 6.45) is 0. The highest BCUT2D eigenvalue weighted by Gasteiger charge is 2.13. The molecule has 0 bridgehead atoms. The largest absolute Gasteiger partial charge is 0.428 e. The zero-order valence-corrected chi connectivity index (χ0v) is 11.1. The molecule has 0 spiro atoms. The van der Waals surface area contributed by atoms with E-state index in [9.17, 15) is 4.79 Å². The maximum atomic E-state index is 10.4. The smallest absolute Gasteiger partial charge is 0.298 e. The molecule has 0 saturated carbocycles. The molecule has 1 aromatic carbocycles. The van der Waals surface area contributed by atoms with E-state index in [0.29, 0.717) is 12.2 Å². The summed E-state index contributed by atoms with van der Waals surface area (Å²) in [6.45, 7) is 0.419. The van der Waals surface area contributed by atoms with Crippen LogP contribution >= 0.6 is 34.1 Å². The molecule has 0 fully saturated rings. The van der Waals surface area contributed by atoms with Crippen LogP contribution in [0.2, 0.25) is 0 Å². The second kappa shape index (κ2) is 5.35. The van der Waals surface area contributed by atoms with Crippen LogP contribution in [0, 0.1) is 0 Å². The summed E-state index contributed by atoms with van der Waals surface area (Å²) < 4.78 is 9.66. The first-order valence-corrected chi connectivity index (χ1v) is 6.73. The van der Waals surface area contributed by atoms with Crippen molar-refractivity contribution in [2.45, 2.75) is 4.43 Å². The predicted molar refractivity (Wildman–Crippen MR) is 69.8 cm³/mol. The van der Waals surface area contributed by atoms with Gasteiger partial charge in [0.2, 0.25) is 0 Å². The van der Waals surface area contributed by atoms with Crippen molar-refractivity contribution in [3.05, 3.63) is 29.1 Å². The van der Waals surface area contributed by atoms with Gasteiger partial charge in [-0.05, 0) is 23.7 Å². The number of rotatable bonds is 4. The normalized spacial score (nSPS) is 10.1. The number of hydrogen-bond donors (Lipinski definition) is 0. The fourth-order valence-electron chi connectivity index (χ4n) is 1.32. The van der Waals surface area contributed by atoms with Gasteiger partial charge in [-0.15, -0.1) is 5.10 Å². The average Bonchev–Trinajstić information content (AvgIpc) is 2.78. The Morgan fingerprint density at radius 2 is 2.25 bits per heavy atom. The van der Waals surface area contributed by atoms with Crippen molar-refractivity contribution in [1.82, 2.24) is 9.59 Å². The molecule has 0 saturated heterocycles. The number of alkyl halides is 1. The Morgan fingerprint density at radius 1 is 1.44 bits per heavy atom. The van der Waals surface area contributed by atoms with Crippen LogP contribution in [0.15, 0.2) is 24.3 Å². The van der Waals surface area contributed by atoms with Gasteiger partial charge in [0.25, 0.3) is 6.47 Å². The molecule has 0 radical (unpaired) electrons. The van der Waals surface area contributed by atoms with Gasteiger partial charge in [-0.2, -0.15) is 0 Å². The highest BCUT2D eigenvalue weighted by atomic mass is 127. The molecule has 1 aromatic heterocycles. The third-order valence-corrected chi connectivity index (χ3v) is 4.00. The van der Waals surface area contributed by atoms with Crippen molar-refractivity contribution in [3.63, 3.8) is 0 Å². The van der Waals surface area contributed by atoms with Crippen LogP contribution in [0.25, 0.3) is 11.3 Å². The van der Waals surface area contributed by atoms with Crippen molar-refractivity contribution in [1.29, 1.82) is 0 Å². The van der Waals surface area contributed by atoms with Crippen LogP contribution < -0.4 is 4.74 Å². The summed E-state index contributed by atoms with van der Waals surface area (Å²) in [5.74, 6) is 0.510. The number of halogens is 1. The molecule has 0 aliphatic heterocycles. The first-order valence-electron chi connectivity index (χ1n) is 4.43. The van der Waals surface area contributed by atoms with Crippen LogP contribution in [0.3, 0.4) is 0 Å². The zero-order chi connectivity index (χ0) is 11.4. The van der Waals surface area contributed by atoms with Crippen molar-refractivity contribution in [2.75, 3.05) is 0 Å². The molecule has 0 unspecified atom stereocenters. The van der Waals surface area contributed by atoms with Gasteiger partial charge in [-0.3, -0.25) is 4.79 Å². The molecule has 1 heterocycles. The van der Waals surface area contributed by atoms with Crippen LogP contribution in [0.4, 0.5) is 0 Å². The van der Waals surface area contributed by atoms with Crippen molar-refractivity contribution in [3.8, 4) is 17.0 Å². The third-order valence-electron chi connectivity index (χ3n) is 1.99. The van der Waals surface area contributed by atoms with Crippen molar-refractivity contribution in [2.24, 2.45) is 0 Å². The molecule has 4 nitrogen and oxygen atoms in total. The molecule has 0 N–H and O–H groups in total. The standard InChI is InChI=1S/C10H7IN2O2S/c11-5-9-10(12-13-16-9)7-3-1-2-4-8(7)15-6-14/h1-4,6H,5H2. The van der Waals surface area contributed by atoms with E-state index in [1.165, 1.54) is 11.5 Å². The van der Waals surface area contributed by atoms with Gasteiger partial charge in [0, 0.05) is 9.99 Å². The molecular weight excluding hydrogens is 339 g/mol. The van der Waals surface area contributed by atoms with Gasteiger partial charge < -0.3 is 4.74 Å². The van der Waals surface area contributed by atoms with Gasteiger partial charge in [0.1, 0.15) is 11.4 Å². The number of hydrogen-bond acceptors (Lipinski definition) is 5. The van der Waals surface area contributed by atoms with E-state index in [-0.39, 0.29) is 0 Å². The molecule has 16 heavy (non-hydrogen) atoms. The Kier molecular flexibility index (Phi) is 3.83. The van der Waals surface area contributed by atoms with E-state index in [1.807, 2.05) is 18.2 Å². The highest BCUT2D eigenvalue weighted by Crippen LogP contribution is 2.32. The minimum Gasteiger partial charge on any atom is -0.428 e. The Hall–Kier alpha value is -1.02. The molecular formula is C10H7IN2O2S. The van der Waals surface area contributed by atoms with Gasteiger partial charge in [-0.1, -0.05) is 39.2 Å². The van der Waals surface area contributed by atoms with E-state index in [2.05, 4.69) is 32.2 Å². The number of aromatic nitrogens is 2. The molecule has 2 rings (SSSR count). The lowest BCUT2D eigenvalue weighted by Crippen LogP contribution is -1.92. The number of para-hydroxylation sites is 1. The fourth-order valence-corrected chi connectivity index (χ4v) is 2.60. The second-order valence-corrected chi connectivity index (χ2v) is 4.49. The number of ether oxygens (including phenoxy) is 1. The molecule has 82 valence electrons. The van der Waals surface area contributed by atoms with Gasteiger partial charge in [-0.25, -0.2) is 0 Å². The van der Waals surface area contributed by atoms with Crippen LogP contribution in [0.1, 0.15) is 4.88 Å². The molecule has 0 amide bonds. The Bertz CT molecular complexity index is 501. The van der Waals surface area contributed by atoms with E-state index < -0.39 is 0 Å². The fraction of sp³-hybridized carbons (Fsp3) is 0.100. The van der Waals surface area contributed by atoms with Crippen LogP contribution in [-0.4, -0.2) is 16.1 Å². The Morgan fingerprint density at radius 3 is 3.00 bits per heavy atom. The average molecular weight is 346 g/mol. The van der Waals surface area contributed by atoms with Crippen LogP contribution in [0.5, 0.6) is 5.75 Å². The molecule has 0 aliphatic carbocycles. The minimum atomic E-state index is 0.419. The second-order valence-electron chi connectivity index (χ2n) is 2.89. The van der Waals surface area contributed by atoms with E-state index in [4.69, 9.17) is 4.74 Å². The quantitative estimate of drug-likeness (QED) is 0.485. The number of carbonyl (C=O) groups is 1. The predicted octanol–water partition coefficient (Wildman–Crippen LogP) is 2.68. The monoisotopic (exact) mass is 346 g/mol. The van der Waals surface area contributed by atoms with E-state index >= 15 is 0 Å². The van der Waals surface area contributed by atoms with E-state index in [1.54, 1.807) is 6.07 Å². The maximum Gasteiger partial charge on any atom is 0.298 e. The lowest BCUT2D eigenvalue weighted by molar-refractivity contribution is -0.120. The first-order chi connectivity index (χ1) is 7.86. The summed E-state index contributed by atoms with van der Waals surface area (Å²) in [5.41, 5.74) is 1.59. The van der Waals surface area contributed by atoms with Gasteiger partial charge >= 0.3 is 0 Å². The molecule has 0 atom stereocenters.